The van der Waals surface area contributed by atoms with Gasteiger partial charge in [0.1, 0.15) is 60.3 Å². The maximum atomic E-state index is 13.1. The number of nitrogens with zero attached hydrogens (tertiary/aromatic N) is 4. The first-order valence-corrected chi connectivity index (χ1v) is 31.8. The van der Waals surface area contributed by atoms with E-state index in [1.54, 1.807) is 111 Å². The van der Waals surface area contributed by atoms with E-state index in [9.17, 15) is 44.7 Å². The van der Waals surface area contributed by atoms with E-state index in [4.69, 9.17) is 31.4 Å². The molecule has 0 radical (unpaired) electrons. The zero-order chi connectivity index (χ0) is 63.3. The Morgan fingerprint density at radius 1 is 0.489 bits per heavy atom. The fourth-order valence-electron chi connectivity index (χ4n) is 9.36. The van der Waals surface area contributed by atoms with Crippen LogP contribution in [0.5, 0.6) is 23.0 Å². The molecule has 0 unspecified atom stereocenters. The molecule has 0 bridgehead atoms. The predicted molar refractivity (Wildman–Crippen MR) is 338 cm³/mol. The average molecular weight is 1260 g/mol. The molecule has 0 aliphatic carbocycles. The highest BCUT2D eigenvalue weighted by atomic mass is 32.2. The van der Waals surface area contributed by atoms with Crippen molar-refractivity contribution in [1.29, 1.82) is 0 Å². The Bertz CT molecular complexity index is 4290. The van der Waals surface area contributed by atoms with Gasteiger partial charge in [0.15, 0.2) is 0 Å². The molecule has 3 aliphatic rings. The van der Waals surface area contributed by atoms with E-state index in [2.05, 4.69) is 34.1 Å². The quantitative estimate of drug-likeness (QED) is 0.0563. The van der Waals surface area contributed by atoms with Gasteiger partial charge in [0.25, 0.3) is 47.8 Å². The molecular weight excluding hydrogens is 1190 g/mol. The van der Waals surface area contributed by atoms with Crippen molar-refractivity contribution >= 4 is 76.2 Å². The van der Waals surface area contributed by atoms with E-state index in [0.29, 0.717) is 61.8 Å². The first kappa shape index (κ1) is 66.1. The number of amides is 3. The number of fused-ring (bicyclic) bond motifs is 4. The van der Waals surface area contributed by atoms with E-state index < -0.39 is 52.6 Å². The van der Waals surface area contributed by atoms with Gasteiger partial charge in [-0.15, -0.1) is 13.2 Å². The summed E-state index contributed by atoms with van der Waals surface area (Å²) in [6.07, 6.45) is 0. The molecule has 464 valence electrons. The Hall–Kier alpha value is -9.40. The fraction of sp³-hybridized carbons (Fsp3) is 0.274. The molecule has 23 nitrogen and oxygen atoms in total. The van der Waals surface area contributed by atoms with Crippen LogP contribution >= 0.6 is 0 Å². The highest BCUT2D eigenvalue weighted by Crippen LogP contribution is 2.32. The van der Waals surface area contributed by atoms with E-state index in [1.807, 2.05) is 65.0 Å². The standard InChI is InChI=1S/C23H24N4O4S.C19H21N3O5S.C19H21N3O4S.CH4/c1-14-11-17(16-8-4-5-9-18(16)25-14)22(28)26-23(2,3)13-31-19-10-6-7-15-12-32(29,30)27-21(24)20(15)19;1-19(2,21-18(24)13-7-3-4-8-14(13)23)11-27-15-9-5-6-12-10-28(25,26)22-17(20)16(12)15;1-19(2,21-18(23)13-7-4-3-5-8-13)12-26-15-10-6-9-14-11-27(24,25)22-17(20)16(14)15;/h4-11H,12-13H2,1-3H3,(H2,24,27)(H,26,28);3-9,23H,10-11H2,1-2H3,(H2,20,22)(H,21,24);3-10H,11-12H2,1-2H3,(H2,20,22)(H,21,23);1H4. The SMILES string of the molecule is C.CC(C)(COc1cccc2c1C(N)=NS(=O)(=O)C2)NC(=O)c1ccccc1.CC(C)(COc1cccc2c1C(N)=NS(=O)(=O)C2)NC(=O)c1ccccc1O.Cc1cc(C(=O)NC(C)(C)COc2cccc3c2C(N)=NS(=O)(=O)C3)c2ccccc2n1. The van der Waals surface area contributed by atoms with E-state index in [-0.39, 0.29) is 85.1 Å². The van der Waals surface area contributed by atoms with E-state index in [1.165, 1.54) is 12.1 Å². The molecule has 3 amide bonds. The number of hydrogen-bond donors (Lipinski definition) is 7. The van der Waals surface area contributed by atoms with Crippen LogP contribution in [0.15, 0.2) is 153 Å². The number of sulfonamides is 3. The zero-order valence-corrected chi connectivity index (χ0v) is 51.1. The Kier molecular flexibility index (Phi) is 19.8. The molecule has 0 spiro atoms. The summed E-state index contributed by atoms with van der Waals surface area (Å²) in [5, 5.41) is 19.3. The molecule has 0 atom stereocenters. The van der Waals surface area contributed by atoms with Gasteiger partial charge < -0.3 is 52.5 Å². The summed E-state index contributed by atoms with van der Waals surface area (Å²) in [5.74, 6) is -0.720. The van der Waals surface area contributed by atoms with Crippen molar-refractivity contribution in [2.45, 2.75) is 89.8 Å². The minimum Gasteiger partial charge on any atom is -0.507 e. The van der Waals surface area contributed by atoms with Gasteiger partial charge in [0.2, 0.25) is 0 Å². The molecule has 0 saturated carbocycles. The van der Waals surface area contributed by atoms with Gasteiger partial charge in [0, 0.05) is 16.6 Å². The lowest BCUT2D eigenvalue weighted by Gasteiger charge is -2.28. The largest absolute Gasteiger partial charge is 0.507 e. The summed E-state index contributed by atoms with van der Waals surface area (Å²) in [5.41, 5.74) is 21.2. The third-order valence-corrected chi connectivity index (χ3v) is 16.7. The number of nitrogens with one attached hydrogen (secondary N) is 3. The number of carbonyl (C=O) groups excluding carboxylic acids is 3. The van der Waals surface area contributed by atoms with Crippen molar-refractivity contribution in [1.82, 2.24) is 20.9 Å². The van der Waals surface area contributed by atoms with Gasteiger partial charge in [-0.05, 0) is 120 Å². The normalized spacial score (nSPS) is 15.1. The highest BCUT2D eigenvalue weighted by Gasteiger charge is 2.32. The maximum Gasteiger partial charge on any atom is 0.259 e. The van der Waals surface area contributed by atoms with Crippen LogP contribution in [-0.4, -0.2) is 107 Å². The van der Waals surface area contributed by atoms with Gasteiger partial charge in [-0.1, -0.05) is 92.4 Å². The van der Waals surface area contributed by atoms with Crippen LogP contribution in [0.4, 0.5) is 0 Å². The van der Waals surface area contributed by atoms with Crippen LogP contribution in [0.25, 0.3) is 10.9 Å². The number of rotatable bonds is 15. The number of ether oxygens (including phenoxy) is 3. The van der Waals surface area contributed by atoms with Crippen LogP contribution in [0.1, 0.15) is 119 Å². The van der Waals surface area contributed by atoms with Crippen LogP contribution in [0, 0.1) is 6.92 Å². The molecule has 10 N–H and O–H groups in total. The minimum absolute atomic E-state index is 0. The van der Waals surface area contributed by atoms with E-state index in [0.717, 1.165) is 16.6 Å². The van der Waals surface area contributed by atoms with Crippen molar-refractivity contribution in [2.24, 2.45) is 30.4 Å². The van der Waals surface area contributed by atoms with Crippen LogP contribution in [-0.2, 0) is 47.3 Å². The molecule has 88 heavy (non-hydrogen) atoms. The topological polar surface area (TPSA) is 366 Å². The summed E-state index contributed by atoms with van der Waals surface area (Å²) in [7, 11) is -10.9. The average Bonchev–Trinajstić information content (AvgIpc) is 1.52. The van der Waals surface area contributed by atoms with Gasteiger partial charge in [-0.2, -0.15) is 0 Å². The number of phenolic OH excluding ortho intramolecular Hbond substituents is 1. The Labute approximate surface area is 511 Å². The Morgan fingerprint density at radius 3 is 1.27 bits per heavy atom. The van der Waals surface area contributed by atoms with Gasteiger partial charge in [-0.3, -0.25) is 19.4 Å². The number of aromatic hydroxyl groups is 1. The lowest BCUT2D eigenvalue weighted by Crippen LogP contribution is -2.48. The second-order valence-electron chi connectivity index (χ2n) is 22.6. The summed E-state index contributed by atoms with van der Waals surface area (Å²) in [4.78, 5) is 42.3. The number of nitrogens with two attached hydrogens (primary N) is 3. The summed E-state index contributed by atoms with van der Waals surface area (Å²) in [6, 6.07) is 39.6. The van der Waals surface area contributed by atoms with Gasteiger partial charge in [-0.25, -0.2) is 25.3 Å². The fourth-order valence-corrected chi connectivity index (χ4v) is 12.6. The predicted octanol–water partition coefficient (Wildman–Crippen LogP) is 6.67. The molecule has 7 aromatic rings. The number of aryl methyl sites for hydroxylation is 1. The molecule has 4 heterocycles. The number of pyridine rings is 1. The van der Waals surface area contributed by atoms with Crippen molar-refractivity contribution in [2.75, 3.05) is 19.8 Å². The number of phenols is 1. The molecule has 0 fully saturated rings. The highest BCUT2D eigenvalue weighted by molar-refractivity contribution is 7.90. The monoisotopic (exact) mass is 1260 g/mol. The second-order valence-corrected chi connectivity index (χ2v) is 27.5. The lowest BCUT2D eigenvalue weighted by atomic mass is 10.0. The molecule has 10 rings (SSSR count). The van der Waals surface area contributed by atoms with Crippen molar-refractivity contribution < 1.29 is 59.0 Å². The minimum atomic E-state index is -3.63. The summed E-state index contributed by atoms with van der Waals surface area (Å²) < 4.78 is 99.2. The van der Waals surface area contributed by atoms with Crippen LogP contribution in [0.2, 0.25) is 0 Å². The Balaban J connectivity index is 0.000000188. The number of para-hydroxylation sites is 2. The number of aromatic nitrogens is 1. The number of benzene rings is 6. The van der Waals surface area contributed by atoms with Crippen molar-refractivity contribution in [3.63, 3.8) is 0 Å². The van der Waals surface area contributed by atoms with Gasteiger partial charge in [0.05, 0.1) is 67.2 Å². The third-order valence-electron chi connectivity index (χ3n) is 13.2. The number of amidine groups is 3. The Morgan fingerprint density at radius 2 is 0.852 bits per heavy atom. The summed E-state index contributed by atoms with van der Waals surface area (Å²) >= 11 is 0. The van der Waals surface area contributed by atoms with Crippen molar-refractivity contribution in [3.05, 3.63) is 195 Å². The smallest absolute Gasteiger partial charge is 0.259 e. The maximum absolute atomic E-state index is 13.1. The molecule has 26 heteroatoms. The molecule has 6 aromatic carbocycles. The lowest BCUT2D eigenvalue weighted by molar-refractivity contribution is 0.0870. The second kappa shape index (κ2) is 26.3. The third kappa shape index (κ3) is 16.8. The first-order chi connectivity index (χ1) is 40.8. The number of hydrogen-bond acceptors (Lipinski definition) is 17. The van der Waals surface area contributed by atoms with Crippen LogP contribution in [0.3, 0.4) is 0 Å². The molecule has 0 saturated heterocycles. The first-order valence-electron chi connectivity index (χ1n) is 27.0. The molecule has 3 aliphatic heterocycles. The van der Waals surface area contributed by atoms with Crippen LogP contribution < -0.4 is 47.4 Å². The molecule has 1 aromatic heterocycles. The number of carbonyl (C=O) groups is 3. The zero-order valence-electron chi connectivity index (χ0n) is 48.6. The van der Waals surface area contributed by atoms with Gasteiger partial charge >= 0.3 is 0 Å². The van der Waals surface area contributed by atoms with Crippen molar-refractivity contribution in [3.8, 4) is 23.0 Å². The summed E-state index contributed by atoms with van der Waals surface area (Å²) in [6.45, 7) is 13.1. The van der Waals surface area contributed by atoms with E-state index >= 15 is 0 Å². The molecular formula is C62H70N10O13S3.